The zero-order valence-electron chi connectivity index (χ0n) is 13.6. The van der Waals surface area contributed by atoms with Crippen LogP contribution in [0.25, 0.3) is 11.0 Å². The first kappa shape index (κ1) is 16.1. The summed E-state index contributed by atoms with van der Waals surface area (Å²) in [4.78, 5) is 21.1. The van der Waals surface area contributed by atoms with E-state index < -0.39 is 0 Å². The number of aromatic amines is 1. The molecule has 2 heterocycles. The van der Waals surface area contributed by atoms with E-state index in [0.717, 1.165) is 39.5 Å². The number of carbonyl (C=O) groups excluding carboxylic acids is 1. The SMILES string of the molecule is O=C(CCc1nc2ccccc2[nH]1)NC1CCSc2ccc(F)cc21. The van der Waals surface area contributed by atoms with Crippen LogP contribution in [0.15, 0.2) is 47.4 Å². The highest BCUT2D eigenvalue weighted by Gasteiger charge is 2.22. The number of thioether (sulfide) groups is 1. The Morgan fingerprint density at radius 1 is 1.32 bits per heavy atom. The molecule has 0 saturated heterocycles. The van der Waals surface area contributed by atoms with Gasteiger partial charge in [-0.2, -0.15) is 0 Å². The Morgan fingerprint density at radius 3 is 3.08 bits per heavy atom. The highest BCUT2D eigenvalue weighted by atomic mass is 32.2. The zero-order valence-corrected chi connectivity index (χ0v) is 14.4. The van der Waals surface area contributed by atoms with E-state index in [1.54, 1.807) is 17.8 Å². The number of H-pyrrole nitrogens is 1. The van der Waals surface area contributed by atoms with Crippen molar-refractivity contribution in [3.05, 3.63) is 59.7 Å². The summed E-state index contributed by atoms with van der Waals surface area (Å²) in [5.41, 5.74) is 2.77. The van der Waals surface area contributed by atoms with Gasteiger partial charge in [-0.05, 0) is 42.3 Å². The number of hydrogen-bond acceptors (Lipinski definition) is 3. The maximum Gasteiger partial charge on any atom is 0.220 e. The summed E-state index contributed by atoms with van der Waals surface area (Å²) >= 11 is 1.71. The van der Waals surface area contributed by atoms with Crippen molar-refractivity contribution in [3.8, 4) is 0 Å². The van der Waals surface area contributed by atoms with Gasteiger partial charge in [0.1, 0.15) is 11.6 Å². The summed E-state index contributed by atoms with van der Waals surface area (Å²) in [5.74, 6) is 1.44. The predicted octanol–water partition coefficient (Wildman–Crippen LogP) is 3.99. The van der Waals surface area contributed by atoms with Crippen molar-refractivity contribution in [3.63, 3.8) is 0 Å². The fraction of sp³-hybridized carbons (Fsp3) is 0.263. The zero-order chi connectivity index (χ0) is 17.2. The first-order chi connectivity index (χ1) is 12.2. The van der Waals surface area contributed by atoms with Crippen LogP contribution < -0.4 is 5.32 Å². The number of fused-ring (bicyclic) bond motifs is 2. The molecule has 0 radical (unpaired) electrons. The van der Waals surface area contributed by atoms with Crippen molar-refractivity contribution >= 4 is 28.7 Å². The standard InChI is InChI=1S/C19H18FN3OS/c20-12-5-6-17-13(11-12)14(9-10-25-17)23-19(24)8-7-18-21-15-3-1-2-4-16(15)22-18/h1-6,11,14H,7-10H2,(H,21,22)(H,23,24). The molecule has 2 N–H and O–H groups in total. The van der Waals surface area contributed by atoms with Crippen LogP contribution >= 0.6 is 11.8 Å². The molecule has 4 nitrogen and oxygen atoms in total. The van der Waals surface area contributed by atoms with Crippen LogP contribution in [0.1, 0.15) is 30.3 Å². The van der Waals surface area contributed by atoms with Crippen molar-refractivity contribution in [1.29, 1.82) is 0 Å². The van der Waals surface area contributed by atoms with Crippen LogP contribution in [0.4, 0.5) is 4.39 Å². The first-order valence-electron chi connectivity index (χ1n) is 8.34. The van der Waals surface area contributed by atoms with Crippen LogP contribution in [0.3, 0.4) is 0 Å². The second kappa shape index (κ2) is 6.88. The Morgan fingerprint density at radius 2 is 2.20 bits per heavy atom. The summed E-state index contributed by atoms with van der Waals surface area (Å²) in [6, 6.07) is 12.5. The molecule has 1 aromatic heterocycles. The monoisotopic (exact) mass is 355 g/mol. The number of aryl methyl sites for hydroxylation is 1. The Balaban J connectivity index is 1.40. The minimum Gasteiger partial charge on any atom is -0.349 e. The summed E-state index contributed by atoms with van der Waals surface area (Å²) in [6.07, 6.45) is 1.73. The molecule has 128 valence electrons. The van der Waals surface area contributed by atoms with E-state index in [0.29, 0.717) is 12.8 Å². The van der Waals surface area contributed by atoms with E-state index in [-0.39, 0.29) is 17.8 Å². The average molecular weight is 355 g/mol. The summed E-state index contributed by atoms with van der Waals surface area (Å²) < 4.78 is 13.5. The van der Waals surface area contributed by atoms with E-state index in [1.165, 1.54) is 12.1 Å². The minimum absolute atomic E-state index is 0.0347. The molecule has 0 bridgehead atoms. The number of aromatic nitrogens is 2. The Bertz CT molecular complexity index is 891. The lowest BCUT2D eigenvalue weighted by Gasteiger charge is -2.26. The van der Waals surface area contributed by atoms with Crippen LogP contribution in [-0.4, -0.2) is 21.6 Å². The molecule has 1 aliphatic heterocycles. The predicted molar refractivity (Wildman–Crippen MR) is 97.0 cm³/mol. The molecule has 6 heteroatoms. The van der Waals surface area contributed by atoms with Gasteiger partial charge in [-0.1, -0.05) is 12.1 Å². The fourth-order valence-electron chi connectivity index (χ4n) is 3.14. The van der Waals surface area contributed by atoms with Gasteiger partial charge < -0.3 is 10.3 Å². The lowest BCUT2D eigenvalue weighted by atomic mass is 10.0. The molecule has 25 heavy (non-hydrogen) atoms. The number of amides is 1. The van der Waals surface area contributed by atoms with Gasteiger partial charge in [0.25, 0.3) is 0 Å². The van der Waals surface area contributed by atoms with E-state index in [9.17, 15) is 9.18 Å². The number of hydrogen-bond donors (Lipinski definition) is 2. The van der Waals surface area contributed by atoms with Gasteiger partial charge in [0.05, 0.1) is 17.1 Å². The molecule has 0 saturated carbocycles. The topological polar surface area (TPSA) is 57.8 Å². The Kier molecular flexibility index (Phi) is 4.44. The third-order valence-electron chi connectivity index (χ3n) is 4.37. The van der Waals surface area contributed by atoms with Crippen LogP contribution in [0, 0.1) is 5.82 Å². The normalized spacial score (nSPS) is 16.6. The van der Waals surface area contributed by atoms with E-state index in [4.69, 9.17) is 0 Å². The highest BCUT2D eigenvalue weighted by Crippen LogP contribution is 2.36. The molecule has 1 aliphatic rings. The molecule has 0 fully saturated rings. The molecule has 2 aromatic carbocycles. The van der Waals surface area contributed by atoms with Gasteiger partial charge in [0.2, 0.25) is 5.91 Å². The molecular weight excluding hydrogens is 337 g/mol. The van der Waals surface area contributed by atoms with Gasteiger partial charge >= 0.3 is 0 Å². The van der Waals surface area contributed by atoms with Gasteiger partial charge in [0.15, 0.2) is 0 Å². The van der Waals surface area contributed by atoms with Crippen molar-refractivity contribution in [2.24, 2.45) is 0 Å². The van der Waals surface area contributed by atoms with E-state index >= 15 is 0 Å². The number of rotatable bonds is 4. The number of imidazole rings is 1. The van der Waals surface area contributed by atoms with Gasteiger partial charge in [-0.15, -0.1) is 11.8 Å². The van der Waals surface area contributed by atoms with E-state index in [1.807, 2.05) is 24.3 Å². The van der Waals surface area contributed by atoms with Crippen molar-refractivity contribution in [1.82, 2.24) is 15.3 Å². The number of halogens is 1. The highest BCUT2D eigenvalue weighted by molar-refractivity contribution is 7.99. The van der Waals surface area contributed by atoms with Crippen molar-refractivity contribution in [2.75, 3.05) is 5.75 Å². The second-order valence-electron chi connectivity index (χ2n) is 6.14. The van der Waals surface area contributed by atoms with E-state index in [2.05, 4.69) is 15.3 Å². The maximum atomic E-state index is 13.5. The molecule has 0 aliphatic carbocycles. The molecule has 3 aromatic rings. The lowest BCUT2D eigenvalue weighted by molar-refractivity contribution is -0.121. The third kappa shape index (κ3) is 3.54. The lowest BCUT2D eigenvalue weighted by Crippen LogP contribution is -2.31. The van der Waals surface area contributed by atoms with Gasteiger partial charge in [0, 0.05) is 23.5 Å². The summed E-state index contributed by atoms with van der Waals surface area (Å²) in [5, 5.41) is 3.05. The molecular formula is C19H18FN3OS. The largest absolute Gasteiger partial charge is 0.349 e. The smallest absolute Gasteiger partial charge is 0.220 e. The Hall–Kier alpha value is -2.34. The van der Waals surface area contributed by atoms with Gasteiger partial charge in [-0.25, -0.2) is 9.37 Å². The Labute approximate surface area is 149 Å². The van der Waals surface area contributed by atoms with Crippen molar-refractivity contribution < 1.29 is 9.18 Å². The summed E-state index contributed by atoms with van der Waals surface area (Å²) in [6.45, 7) is 0. The maximum absolute atomic E-state index is 13.5. The fourth-order valence-corrected chi connectivity index (χ4v) is 4.24. The third-order valence-corrected chi connectivity index (χ3v) is 5.50. The number of carbonyl (C=O) groups is 1. The number of benzene rings is 2. The number of nitrogens with zero attached hydrogens (tertiary/aromatic N) is 1. The number of nitrogens with one attached hydrogen (secondary N) is 2. The van der Waals surface area contributed by atoms with Gasteiger partial charge in [-0.3, -0.25) is 4.79 Å². The molecule has 1 unspecified atom stereocenters. The summed E-state index contributed by atoms with van der Waals surface area (Å²) in [7, 11) is 0. The first-order valence-corrected chi connectivity index (χ1v) is 9.33. The van der Waals surface area contributed by atoms with Crippen LogP contribution in [0.5, 0.6) is 0 Å². The molecule has 4 rings (SSSR count). The van der Waals surface area contributed by atoms with Crippen LogP contribution in [-0.2, 0) is 11.2 Å². The number of para-hydroxylation sites is 2. The minimum atomic E-state index is -0.261. The molecule has 0 spiro atoms. The quantitative estimate of drug-likeness (QED) is 0.744. The average Bonchev–Trinajstić information content (AvgIpc) is 3.03. The van der Waals surface area contributed by atoms with Crippen LogP contribution in [0.2, 0.25) is 0 Å². The molecule has 1 amide bonds. The molecule has 1 atom stereocenters. The van der Waals surface area contributed by atoms with Crippen molar-refractivity contribution in [2.45, 2.75) is 30.2 Å². The second-order valence-corrected chi connectivity index (χ2v) is 7.28.